The maximum absolute atomic E-state index is 13.1. The van der Waals surface area contributed by atoms with Crippen molar-refractivity contribution in [1.29, 1.82) is 0 Å². The van der Waals surface area contributed by atoms with E-state index in [9.17, 15) is 18.0 Å². The van der Waals surface area contributed by atoms with Gasteiger partial charge in [-0.15, -0.1) is 11.8 Å². The number of nitrogens with zero attached hydrogens (tertiary/aromatic N) is 1. The van der Waals surface area contributed by atoms with E-state index in [0.29, 0.717) is 29.9 Å². The smallest absolute Gasteiger partial charge is 0.258 e. The van der Waals surface area contributed by atoms with Gasteiger partial charge in [0.05, 0.1) is 15.8 Å². The lowest BCUT2D eigenvalue weighted by Crippen LogP contribution is -2.30. The Hall–Kier alpha value is -2.36. The van der Waals surface area contributed by atoms with E-state index in [4.69, 9.17) is 0 Å². The van der Waals surface area contributed by atoms with Crippen LogP contribution >= 0.6 is 11.8 Å². The summed E-state index contributed by atoms with van der Waals surface area (Å²) < 4.78 is 26.3. The maximum Gasteiger partial charge on any atom is 0.258 e. The highest BCUT2D eigenvalue weighted by atomic mass is 32.2. The Balaban J connectivity index is 1.63. The minimum absolute atomic E-state index is 0.0770. The van der Waals surface area contributed by atoms with Crippen LogP contribution in [0.15, 0.2) is 46.2 Å². The van der Waals surface area contributed by atoms with Gasteiger partial charge in [0.1, 0.15) is 0 Å². The van der Waals surface area contributed by atoms with Crippen LogP contribution < -0.4 is 14.9 Å². The van der Waals surface area contributed by atoms with E-state index in [0.717, 1.165) is 10.5 Å². The molecule has 0 aliphatic carbocycles. The first-order chi connectivity index (χ1) is 13.3. The molecule has 2 amide bonds. The normalized spacial score (nSPS) is 18.4. The second-order valence-electron chi connectivity index (χ2n) is 6.67. The molecule has 2 N–H and O–H groups in total. The number of hydrogen-bond donors (Lipinski definition) is 2. The van der Waals surface area contributed by atoms with Gasteiger partial charge < -0.3 is 10.2 Å². The summed E-state index contributed by atoms with van der Waals surface area (Å²) >= 11 is 1.47. The second kappa shape index (κ2) is 6.91. The number of carbonyl (C=O) groups excluding carboxylic acids is 2. The summed E-state index contributed by atoms with van der Waals surface area (Å²) in [6.07, 6.45) is 0.586. The lowest BCUT2D eigenvalue weighted by Gasteiger charge is -2.23. The number of anilines is 2. The van der Waals surface area contributed by atoms with Crippen LogP contribution in [0.5, 0.6) is 0 Å². The van der Waals surface area contributed by atoms with E-state index < -0.39 is 10.0 Å². The van der Waals surface area contributed by atoms with Gasteiger partial charge in [-0.3, -0.25) is 9.59 Å². The largest absolute Gasteiger partial charge is 0.324 e. The van der Waals surface area contributed by atoms with Crippen molar-refractivity contribution in [3.63, 3.8) is 0 Å². The minimum atomic E-state index is -3.53. The standard InChI is InChI=1S/C19H19N3O4S2/c1-11-18(23)21-15-10-13(3-6-17(15)27-11)19(24)22-8-7-12-9-14(4-5-16(12)22)28(25,26)20-2/h3-6,9-11,20H,7-8H2,1-2H3,(H,21,23)/t11-/m0/s1. The van der Waals surface area contributed by atoms with E-state index in [1.165, 1.54) is 24.9 Å². The summed E-state index contributed by atoms with van der Waals surface area (Å²) in [4.78, 5) is 27.7. The van der Waals surface area contributed by atoms with Crippen molar-refractivity contribution in [3.05, 3.63) is 47.5 Å². The van der Waals surface area contributed by atoms with Crippen molar-refractivity contribution in [2.45, 2.75) is 28.4 Å². The van der Waals surface area contributed by atoms with Crippen molar-refractivity contribution in [3.8, 4) is 0 Å². The summed E-state index contributed by atoms with van der Waals surface area (Å²) in [6.45, 7) is 2.32. The monoisotopic (exact) mass is 417 g/mol. The average molecular weight is 418 g/mol. The zero-order chi connectivity index (χ0) is 20.1. The van der Waals surface area contributed by atoms with Crippen LogP contribution in [0.4, 0.5) is 11.4 Å². The molecule has 2 heterocycles. The minimum Gasteiger partial charge on any atom is -0.324 e. The molecule has 1 atom stereocenters. The fourth-order valence-electron chi connectivity index (χ4n) is 3.37. The zero-order valence-electron chi connectivity index (χ0n) is 15.4. The van der Waals surface area contributed by atoms with Crippen LogP contribution in [0.25, 0.3) is 0 Å². The molecule has 7 nitrogen and oxygen atoms in total. The van der Waals surface area contributed by atoms with Gasteiger partial charge in [0.15, 0.2) is 0 Å². The van der Waals surface area contributed by atoms with Gasteiger partial charge in [0.2, 0.25) is 15.9 Å². The molecule has 2 aromatic rings. The molecule has 0 aromatic heterocycles. The molecule has 0 fully saturated rings. The predicted octanol–water partition coefficient (Wildman–Crippen LogP) is 2.23. The van der Waals surface area contributed by atoms with Crippen molar-refractivity contribution in [2.75, 3.05) is 23.8 Å². The molecule has 0 unspecified atom stereocenters. The first kappa shape index (κ1) is 19.0. The Labute approximate surface area is 167 Å². The number of thioether (sulfide) groups is 1. The van der Waals surface area contributed by atoms with Crippen molar-refractivity contribution in [2.24, 2.45) is 0 Å². The molecule has 0 bridgehead atoms. The lowest BCUT2D eigenvalue weighted by atomic mass is 10.1. The topological polar surface area (TPSA) is 95.6 Å². The SMILES string of the molecule is CNS(=O)(=O)c1ccc2c(c1)CCN2C(=O)c1ccc2c(c1)NC(=O)[C@H](C)S2. The summed E-state index contributed by atoms with van der Waals surface area (Å²) in [7, 11) is -2.16. The van der Waals surface area contributed by atoms with Crippen molar-refractivity contribution < 1.29 is 18.0 Å². The zero-order valence-corrected chi connectivity index (χ0v) is 17.0. The van der Waals surface area contributed by atoms with E-state index in [-0.39, 0.29) is 22.0 Å². The fourth-order valence-corrected chi connectivity index (χ4v) is 5.08. The van der Waals surface area contributed by atoms with Gasteiger partial charge in [-0.2, -0.15) is 0 Å². The Kier molecular flexibility index (Phi) is 4.68. The molecule has 0 spiro atoms. The summed E-state index contributed by atoms with van der Waals surface area (Å²) in [5.74, 6) is -0.254. The fraction of sp³-hybridized carbons (Fsp3) is 0.263. The molecular formula is C19H19N3O4S2. The average Bonchev–Trinajstić information content (AvgIpc) is 3.11. The molecular weight excluding hydrogens is 398 g/mol. The third-order valence-corrected chi connectivity index (χ3v) is 7.52. The molecule has 28 heavy (non-hydrogen) atoms. The Bertz CT molecular complexity index is 1100. The number of benzene rings is 2. The van der Waals surface area contributed by atoms with Crippen molar-refractivity contribution in [1.82, 2.24) is 4.72 Å². The third-order valence-electron chi connectivity index (χ3n) is 4.93. The van der Waals surface area contributed by atoms with E-state index >= 15 is 0 Å². The van der Waals surface area contributed by atoms with E-state index in [1.807, 2.05) is 13.0 Å². The molecule has 2 aliphatic rings. The van der Waals surface area contributed by atoms with Gasteiger partial charge in [0, 0.05) is 22.7 Å². The van der Waals surface area contributed by atoms with Crippen LogP contribution in [0.2, 0.25) is 0 Å². The Morgan fingerprint density at radius 3 is 2.79 bits per heavy atom. The maximum atomic E-state index is 13.1. The summed E-state index contributed by atoms with van der Waals surface area (Å²) in [6, 6.07) is 10.1. The molecule has 4 rings (SSSR count). The number of amides is 2. The summed E-state index contributed by atoms with van der Waals surface area (Å²) in [5.41, 5.74) is 2.66. The molecule has 2 aromatic carbocycles. The van der Waals surface area contributed by atoms with Gasteiger partial charge in [0.25, 0.3) is 5.91 Å². The number of nitrogens with one attached hydrogen (secondary N) is 2. The first-order valence-electron chi connectivity index (χ1n) is 8.80. The van der Waals surface area contributed by atoms with Crippen LogP contribution in [0, 0.1) is 0 Å². The molecule has 9 heteroatoms. The third kappa shape index (κ3) is 3.19. The Morgan fingerprint density at radius 1 is 1.25 bits per heavy atom. The second-order valence-corrected chi connectivity index (χ2v) is 9.93. The molecule has 0 radical (unpaired) electrons. The molecule has 2 aliphatic heterocycles. The van der Waals surface area contributed by atoms with Crippen LogP contribution in [-0.4, -0.2) is 39.1 Å². The van der Waals surface area contributed by atoms with Crippen molar-refractivity contribution >= 4 is 45.0 Å². The van der Waals surface area contributed by atoms with E-state index in [1.54, 1.807) is 29.2 Å². The highest BCUT2D eigenvalue weighted by Crippen LogP contribution is 2.37. The van der Waals surface area contributed by atoms with Gasteiger partial charge in [-0.25, -0.2) is 13.1 Å². The number of carbonyl (C=O) groups is 2. The van der Waals surface area contributed by atoms with E-state index in [2.05, 4.69) is 10.0 Å². The first-order valence-corrected chi connectivity index (χ1v) is 11.2. The molecule has 0 saturated heterocycles. The Morgan fingerprint density at radius 2 is 2.04 bits per heavy atom. The number of sulfonamides is 1. The number of hydrogen-bond acceptors (Lipinski definition) is 5. The van der Waals surface area contributed by atoms with Crippen LogP contribution in [0.3, 0.4) is 0 Å². The van der Waals surface area contributed by atoms with Crippen LogP contribution in [-0.2, 0) is 21.2 Å². The van der Waals surface area contributed by atoms with Gasteiger partial charge in [-0.1, -0.05) is 0 Å². The van der Waals surface area contributed by atoms with Gasteiger partial charge >= 0.3 is 0 Å². The molecule has 0 saturated carbocycles. The quantitative estimate of drug-likeness (QED) is 0.799. The summed E-state index contributed by atoms with van der Waals surface area (Å²) in [5, 5.41) is 2.68. The lowest BCUT2D eigenvalue weighted by molar-refractivity contribution is -0.115. The predicted molar refractivity (Wildman–Crippen MR) is 108 cm³/mol. The number of rotatable bonds is 3. The van der Waals surface area contributed by atoms with Crippen LogP contribution in [0.1, 0.15) is 22.8 Å². The highest BCUT2D eigenvalue weighted by molar-refractivity contribution is 8.01. The molecule has 146 valence electrons. The van der Waals surface area contributed by atoms with Gasteiger partial charge in [-0.05, 0) is 62.4 Å². The highest BCUT2D eigenvalue weighted by Gasteiger charge is 2.29. The number of fused-ring (bicyclic) bond motifs is 2.